The monoisotopic (exact) mass is 272 g/mol. The van der Waals surface area contributed by atoms with Crippen molar-refractivity contribution < 1.29 is 19.4 Å². The second-order valence-corrected chi connectivity index (χ2v) is 3.82. The van der Waals surface area contributed by atoms with Gasteiger partial charge in [0.15, 0.2) is 0 Å². The number of carbonyl (C=O) groups excluding carboxylic acids is 1. The summed E-state index contributed by atoms with van der Waals surface area (Å²) in [6, 6.07) is 2.61. The Balaban J connectivity index is 3.07. The first-order chi connectivity index (χ1) is 8.49. The van der Waals surface area contributed by atoms with Gasteiger partial charge in [0.05, 0.1) is 24.4 Å². The predicted octanol–water partition coefficient (Wildman–Crippen LogP) is 1.20. The summed E-state index contributed by atoms with van der Waals surface area (Å²) in [4.78, 5) is 22.3. The fourth-order valence-corrected chi connectivity index (χ4v) is 1.55. The van der Waals surface area contributed by atoms with Crippen molar-refractivity contribution in [2.45, 2.75) is 0 Å². The number of halogens is 1. The molecule has 0 aliphatic heterocycles. The van der Waals surface area contributed by atoms with Crippen molar-refractivity contribution in [3.63, 3.8) is 0 Å². The molecule has 98 valence electrons. The number of hydrogen-bond donors (Lipinski definition) is 3. The maximum absolute atomic E-state index is 11.4. The molecular weight excluding hydrogens is 260 g/mol. The summed E-state index contributed by atoms with van der Waals surface area (Å²) in [7, 11) is 2.98. The first kappa shape index (κ1) is 14.3. The van der Waals surface area contributed by atoms with E-state index >= 15 is 0 Å². The van der Waals surface area contributed by atoms with Gasteiger partial charge in [0.2, 0.25) is 5.91 Å². The van der Waals surface area contributed by atoms with Crippen LogP contribution in [0.2, 0.25) is 5.02 Å². The summed E-state index contributed by atoms with van der Waals surface area (Å²) in [6.45, 7) is 0.124. The number of ether oxygens (including phenoxy) is 1. The molecule has 1 aromatic carbocycles. The zero-order chi connectivity index (χ0) is 13.7. The molecule has 18 heavy (non-hydrogen) atoms. The van der Waals surface area contributed by atoms with Gasteiger partial charge < -0.3 is 20.5 Å². The molecule has 0 spiro atoms. The summed E-state index contributed by atoms with van der Waals surface area (Å²) in [5.41, 5.74) is 0.243. The molecule has 1 rings (SSSR count). The van der Waals surface area contributed by atoms with Crippen LogP contribution in [-0.2, 0) is 4.79 Å². The number of aromatic carboxylic acids is 1. The van der Waals surface area contributed by atoms with Gasteiger partial charge in [0, 0.05) is 6.07 Å². The van der Waals surface area contributed by atoms with Gasteiger partial charge in [-0.15, -0.1) is 0 Å². The number of benzene rings is 1. The SMILES string of the molecule is CNCC(=O)Nc1cc(OC)c(C(=O)O)cc1Cl. The number of anilines is 1. The zero-order valence-corrected chi connectivity index (χ0v) is 10.7. The number of carboxylic acid groups (broad SMARTS) is 1. The van der Waals surface area contributed by atoms with Gasteiger partial charge in [-0.1, -0.05) is 11.6 Å². The topological polar surface area (TPSA) is 87.7 Å². The van der Waals surface area contributed by atoms with Crippen LogP contribution in [0.5, 0.6) is 5.75 Å². The van der Waals surface area contributed by atoms with Gasteiger partial charge in [0.1, 0.15) is 11.3 Å². The average molecular weight is 273 g/mol. The molecule has 0 saturated carbocycles. The smallest absolute Gasteiger partial charge is 0.339 e. The maximum Gasteiger partial charge on any atom is 0.339 e. The molecule has 0 heterocycles. The molecule has 0 aliphatic rings. The molecule has 1 aromatic rings. The van der Waals surface area contributed by atoms with Gasteiger partial charge in [0.25, 0.3) is 0 Å². The Kier molecular flexibility index (Phi) is 4.94. The Labute approximate surface area is 109 Å². The number of carbonyl (C=O) groups is 2. The van der Waals surface area contributed by atoms with Gasteiger partial charge in [-0.2, -0.15) is 0 Å². The summed E-state index contributed by atoms with van der Waals surface area (Å²) < 4.78 is 4.94. The summed E-state index contributed by atoms with van der Waals surface area (Å²) in [5, 5.41) is 14.3. The number of likely N-dealkylation sites (N-methyl/N-ethyl adjacent to an activating group) is 1. The quantitative estimate of drug-likeness (QED) is 0.750. The van der Waals surface area contributed by atoms with Crippen LogP contribution in [0.25, 0.3) is 0 Å². The van der Waals surface area contributed by atoms with E-state index in [4.69, 9.17) is 21.4 Å². The van der Waals surface area contributed by atoms with Gasteiger partial charge >= 0.3 is 5.97 Å². The highest BCUT2D eigenvalue weighted by atomic mass is 35.5. The van der Waals surface area contributed by atoms with E-state index in [1.165, 1.54) is 19.2 Å². The van der Waals surface area contributed by atoms with E-state index in [0.29, 0.717) is 5.69 Å². The van der Waals surface area contributed by atoms with Crippen LogP contribution < -0.4 is 15.4 Å². The van der Waals surface area contributed by atoms with Crippen LogP contribution in [0.1, 0.15) is 10.4 Å². The van der Waals surface area contributed by atoms with E-state index in [9.17, 15) is 9.59 Å². The van der Waals surface area contributed by atoms with E-state index in [1.54, 1.807) is 7.05 Å². The normalized spacial score (nSPS) is 9.94. The lowest BCUT2D eigenvalue weighted by Crippen LogP contribution is -2.25. The number of carboxylic acids is 1. The number of rotatable bonds is 5. The van der Waals surface area contributed by atoms with E-state index in [-0.39, 0.29) is 28.8 Å². The Morgan fingerprint density at radius 2 is 2.11 bits per heavy atom. The van der Waals surface area contributed by atoms with E-state index in [1.807, 2.05) is 0 Å². The summed E-state index contributed by atoms with van der Waals surface area (Å²) in [6.07, 6.45) is 0. The molecular formula is C11H13ClN2O4. The highest BCUT2D eigenvalue weighted by molar-refractivity contribution is 6.34. The van der Waals surface area contributed by atoms with Crippen LogP contribution in [-0.4, -0.2) is 37.7 Å². The fourth-order valence-electron chi connectivity index (χ4n) is 1.34. The van der Waals surface area contributed by atoms with Crippen LogP contribution in [0.15, 0.2) is 12.1 Å². The zero-order valence-electron chi connectivity index (χ0n) is 9.91. The second kappa shape index (κ2) is 6.23. The number of hydrogen-bond acceptors (Lipinski definition) is 4. The molecule has 0 radical (unpaired) electrons. The van der Waals surface area contributed by atoms with Crippen molar-refractivity contribution in [2.24, 2.45) is 0 Å². The Morgan fingerprint density at radius 1 is 1.44 bits per heavy atom. The number of methoxy groups -OCH3 is 1. The minimum Gasteiger partial charge on any atom is -0.496 e. The van der Waals surface area contributed by atoms with Crippen LogP contribution in [0.3, 0.4) is 0 Å². The van der Waals surface area contributed by atoms with Crippen LogP contribution >= 0.6 is 11.6 Å². The van der Waals surface area contributed by atoms with Crippen LogP contribution in [0, 0.1) is 0 Å². The third-order valence-electron chi connectivity index (χ3n) is 2.13. The molecule has 0 atom stereocenters. The highest BCUT2D eigenvalue weighted by Crippen LogP contribution is 2.30. The third kappa shape index (κ3) is 3.35. The Bertz CT molecular complexity index is 476. The number of nitrogens with one attached hydrogen (secondary N) is 2. The van der Waals surface area contributed by atoms with Crippen molar-refractivity contribution in [2.75, 3.05) is 26.0 Å². The second-order valence-electron chi connectivity index (χ2n) is 3.42. The molecule has 0 fully saturated rings. The molecule has 0 saturated heterocycles. The predicted molar refractivity (Wildman–Crippen MR) is 67.5 cm³/mol. The van der Waals surface area contributed by atoms with Gasteiger partial charge in [-0.25, -0.2) is 4.79 Å². The third-order valence-corrected chi connectivity index (χ3v) is 2.44. The Hall–Kier alpha value is -1.79. The van der Waals surface area contributed by atoms with Crippen molar-refractivity contribution >= 4 is 29.2 Å². The minimum absolute atomic E-state index is 0.0610. The standard InChI is InChI=1S/C11H13ClN2O4/c1-13-5-10(15)14-8-4-9(18-2)6(11(16)17)3-7(8)12/h3-4,13H,5H2,1-2H3,(H,14,15)(H,16,17). The Morgan fingerprint density at radius 3 is 2.61 bits per heavy atom. The van der Waals surface area contributed by atoms with Crippen molar-refractivity contribution in [3.8, 4) is 5.75 Å². The van der Waals surface area contributed by atoms with Gasteiger partial charge in [-0.3, -0.25) is 4.79 Å². The lowest BCUT2D eigenvalue weighted by molar-refractivity contribution is -0.115. The molecule has 3 N–H and O–H groups in total. The van der Waals surface area contributed by atoms with Crippen molar-refractivity contribution in [3.05, 3.63) is 22.7 Å². The first-order valence-electron chi connectivity index (χ1n) is 5.05. The van der Waals surface area contributed by atoms with E-state index < -0.39 is 5.97 Å². The minimum atomic E-state index is -1.15. The molecule has 6 nitrogen and oxygen atoms in total. The van der Waals surface area contributed by atoms with E-state index in [2.05, 4.69) is 10.6 Å². The molecule has 0 unspecified atom stereocenters. The summed E-state index contributed by atoms with van der Waals surface area (Å²) >= 11 is 5.89. The lowest BCUT2D eigenvalue weighted by Gasteiger charge is -2.11. The van der Waals surface area contributed by atoms with E-state index in [0.717, 1.165) is 0 Å². The van der Waals surface area contributed by atoms with Crippen molar-refractivity contribution in [1.29, 1.82) is 0 Å². The molecule has 7 heteroatoms. The maximum atomic E-state index is 11.4. The van der Waals surface area contributed by atoms with Crippen molar-refractivity contribution in [1.82, 2.24) is 5.32 Å². The average Bonchev–Trinajstić information content (AvgIpc) is 2.31. The summed E-state index contributed by atoms with van der Waals surface area (Å²) in [5.74, 6) is -1.31. The van der Waals surface area contributed by atoms with Crippen LogP contribution in [0.4, 0.5) is 5.69 Å². The first-order valence-corrected chi connectivity index (χ1v) is 5.42. The molecule has 0 aliphatic carbocycles. The highest BCUT2D eigenvalue weighted by Gasteiger charge is 2.15. The van der Waals surface area contributed by atoms with Gasteiger partial charge in [-0.05, 0) is 13.1 Å². The molecule has 0 aromatic heterocycles. The lowest BCUT2D eigenvalue weighted by atomic mass is 10.1. The number of amides is 1. The molecule has 0 bridgehead atoms. The largest absolute Gasteiger partial charge is 0.496 e. The molecule has 1 amide bonds. The fraction of sp³-hybridized carbons (Fsp3) is 0.273.